The molecular weight excluding hydrogens is 326 g/mol. The maximum absolute atomic E-state index is 4.27. The van der Waals surface area contributed by atoms with Crippen molar-refractivity contribution in [3.05, 3.63) is 89.2 Å². The van der Waals surface area contributed by atoms with Gasteiger partial charge < -0.3 is 0 Å². The van der Waals surface area contributed by atoms with Crippen LogP contribution >= 0.6 is 0 Å². The van der Waals surface area contributed by atoms with E-state index >= 15 is 0 Å². The summed E-state index contributed by atoms with van der Waals surface area (Å²) in [4.78, 5) is 4.27. The number of nitrogens with zero attached hydrogens (tertiary/aromatic N) is 1. The van der Waals surface area contributed by atoms with Gasteiger partial charge in [0.25, 0.3) is 0 Å². The van der Waals surface area contributed by atoms with E-state index in [4.69, 9.17) is 0 Å². The number of hydrogen-bond acceptors (Lipinski definition) is 1. The highest BCUT2D eigenvalue weighted by atomic mass is 14.6. The zero-order valence-electron chi connectivity index (χ0n) is 16.3. The summed E-state index contributed by atoms with van der Waals surface area (Å²) < 4.78 is 0. The second kappa shape index (κ2) is 6.56. The highest BCUT2D eigenvalue weighted by Crippen LogP contribution is 2.39. The van der Waals surface area contributed by atoms with Crippen LogP contribution in [0.2, 0.25) is 0 Å². The average molecular weight is 349 g/mol. The minimum absolute atomic E-state index is 0.0490. The Bertz CT molecular complexity index is 1160. The van der Waals surface area contributed by atoms with E-state index < -0.39 is 0 Å². The van der Waals surface area contributed by atoms with Crippen LogP contribution in [0.25, 0.3) is 21.5 Å². The van der Waals surface area contributed by atoms with Crippen molar-refractivity contribution >= 4 is 21.5 Å². The molecule has 0 fully saturated rings. The number of benzene rings is 3. The molecule has 0 spiro atoms. The Morgan fingerprint density at radius 3 is 1.81 bits per heavy atom. The molecule has 0 aliphatic carbocycles. The summed E-state index contributed by atoms with van der Waals surface area (Å²) in [6, 6.07) is 21.3. The number of hydrogen-bond donors (Lipinski definition) is 0. The molecule has 3 aromatic carbocycles. The lowest BCUT2D eigenvalue weighted by Gasteiger charge is -2.25. The summed E-state index contributed by atoms with van der Waals surface area (Å²) in [7, 11) is 0. The fourth-order valence-corrected chi connectivity index (χ4v) is 3.83. The highest BCUT2D eigenvalue weighted by molar-refractivity contribution is 6.08. The van der Waals surface area contributed by atoms with Crippen LogP contribution in [0, 0.1) is 18.8 Å². The summed E-state index contributed by atoms with van der Waals surface area (Å²) in [5.74, 6) is 6.83. The van der Waals surface area contributed by atoms with Gasteiger partial charge in [-0.25, -0.2) is 0 Å². The SMILES string of the molecule is Cc1cc(C#Cc2c3ccccc3c(C(C)(C)C)c3ccccc23)ccn1. The number of aryl methyl sites for hydroxylation is 1. The minimum Gasteiger partial charge on any atom is -0.262 e. The van der Waals surface area contributed by atoms with Crippen molar-refractivity contribution < 1.29 is 0 Å². The molecule has 1 heteroatoms. The third-order valence-corrected chi connectivity index (χ3v) is 4.91. The van der Waals surface area contributed by atoms with E-state index in [1.54, 1.807) is 0 Å². The summed E-state index contributed by atoms with van der Waals surface area (Å²) >= 11 is 0. The molecule has 1 nitrogen and oxygen atoms in total. The van der Waals surface area contributed by atoms with Gasteiger partial charge in [0.15, 0.2) is 0 Å². The van der Waals surface area contributed by atoms with Crippen molar-refractivity contribution in [3.63, 3.8) is 0 Å². The Hall–Kier alpha value is -3.11. The normalized spacial score (nSPS) is 11.4. The molecule has 0 amide bonds. The van der Waals surface area contributed by atoms with Crippen LogP contribution in [0.3, 0.4) is 0 Å². The van der Waals surface area contributed by atoms with Crippen molar-refractivity contribution in [2.24, 2.45) is 0 Å². The quantitative estimate of drug-likeness (QED) is 0.265. The maximum atomic E-state index is 4.27. The van der Waals surface area contributed by atoms with Crippen molar-refractivity contribution in [2.75, 3.05) is 0 Å². The fourth-order valence-electron chi connectivity index (χ4n) is 3.83. The Balaban J connectivity index is 2.10. The van der Waals surface area contributed by atoms with Gasteiger partial charge in [0, 0.05) is 23.0 Å². The number of pyridine rings is 1. The number of rotatable bonds is 0. The van der Waals surface area contributed by atoms with Crippen LogP contribution < -0.4 is 0 Å². The summed E-state index contributed by atoms with van der Waals surface area (Å²) in [6.07, 6.45) is 1.82. The van der Waals surface area contributed by atoms with E-state index in [1.807, 2.05) is 25.3 Å². The van der Waals surface area contributed by atoms with E-state index in [0.717, 1.165) is 16.8 Å². The summed E-state index contributed by atoms with van der Waals surface area (Å²) in [5, 5.41) is 5.02. The van der Waals surface area contributed by atoms with Crippen LogP contribution in [0.15, 0.2) is 66.9 Å². The lowest BCUT2D eigenvalue weighted by Crippen LogP contribution is -2.13. The number of fused-ring (bicyclic) bond motifs is 2. The van der Waals surface area contributed by atoms with Gasteiger partial charge in [-0.15, -0.1) is 0 Å². The fraction of sp³-hybridized carbons (Fsp3) is 0.192. The van der Waals surface area contributed by atoms with E-state index in [-0.39, 0.29) is 5.41 Å². The van der Waals surface area contributed by atoms with Gasteiger partial charge in [0.1, 0.15) is 0 Å². The first-order valence-electron chi connectivity index (χ1n) is 9.34. The molecular formula is C26H23N. The molecule has 1 aromatic heterocycles. The summed E-state index contributed by atoms with van der Waals surface area (Å²) in [6.45, 7) is 8.85. The molecule has 0 aliphatic rings. The molecule has 0 bridgehead atoms. The molecule has 0 radical (unpaired) electrons. The Labute approximate surface area is 161 Å². The second-order valence-electron chi connectivity index (χ2n) is 8.03. The molecule has 4 aromatic rings. The third-order valence-electron chi connectivity index (χ3n) is 4.91. The minimum atomic E-state index is 0.0490. The van der Waals surface area contributed by atoms with E-state index in [9.17, 15) is 0 Å². The van der Waals surface area contributed by atoms with Gasteiger partial charge >= 0.3 is 0 Å². The van der Waals surface area contributed by atoms with Gasteiger partial charge in [0.05, 0.1) is 0 Å². The van der Waals surface area contributed by atoms with Gasteiger partial charge in [-0.1, -0.05) is 81.1 Å². The molecule has 27 heavy (non-hydrogen) atoms. The molecule has 0 aliphatic heterocycles. The second-order valence-corrected chi connectivity index (χ2v) is 8.03. The van der Waals surface area contributed by atoms with Gasteiger partial charge in [-0.05, 0) is 51.6 Å². The van der Waals surface area contributed by atoms with Crippen LogP contribution in [0.5, 0.6) is 0 Å². The van der Waals surface area contributed by atoms with Gasteiger partial charge in [0.2, 0.25) is 0 Å². The van der Waals surface area contributed by atoms with Gasteiger partial charge in [-0.2, -0.15) is 0 Å². The van der Waals surface area contributed by atoms with Crippen LogP contribution in [-0.2, 0) is 5.41 Å². The predicted molar refractivity (Wildman–Crippen MR) is 115 cm³/mol. The van der Waals surface area contributed by atoms with Crippen molar-refractivity contribution in [1.82, 2.24) is 4.98 Å². The Morgan fingerprint density at radius 1 is 0.741 bits per heavy atom. The molecule has 0 saturated carbocycles. The molecule has 0 saturated heterocycles. The third kappa shape index (κ3) is 3.20. The van der Waals surface area contributed by atoms with E-state index in [2.05, 4.69) is 86.1 Å². The van der Waals surface area contributed by atoms with Gasteiger partial charge in [-0.3, -0.25) is 4.98 Å². The Kier molecular flexibility index (Phi) is 4.21. The van der Waals surface area contributed by atoms with Crippen molar-refractivity contribution in [1.29, 1.82) is 0 Å². The molecule has 0 unspecified atom stereocenters. The van der Waals surface area contributed by atoms with E-state index in [0.29, 0.717) is 0 Å². The van der Waals surface area contributed by atoms with Crippen LogP contribution in [0.4, 0.5) is 0 Å². The van der Waals surface area contributed by atoms with E-state index in [1.165, 1.54) is 27.1 Å². The standard InChI is InChI=1S/C26H23N/c1-18-17-19(15-16-27-18)13-14-22-20-9-5-7-11-23(20)25(26(2,3)4)24-12-8-6-10-21(22)24/h5-12,15-17H,1-4H3. The van der Waals surface area contributed by atoms with Crippen LogP contribution in [0.1, 0.15) is 43.2 Å². The first kappa shape index (κ1) is 17.3. The molecule has 4 rings (SSSR count). The lowest BCUT2D eigenvalue weighted by molar-refractivity contribution is 0.601. The maximum Gasteiger partial charge on any atom is 0.0406 e. The largest absolute Gasteiger partial charge is 0.262 e. The zero-order chi connectivity index (χ0) is 19.0. The Morgan fingerprint density at radius 2 is 1.30 bits per heavy atom. The monoisotopic (exact) mass is 349 g/mol. The molecule has 0 N–H and O–H groups in total. The van der Waals surface area contributed by atoms with Crippen LogP contribution in [-0.4, -0.2) is 4.98 Å². The van der Waals surface area contributed by atoms with Crippen molar-refractivity contribution in [3.8, 4) is 11.8 Å². The molecule has 1 heterocycles. The highest BCUT2D eigenvalue weighted by Gasteiger charge is 2.22. The smallest absolute Gasteiger partial charge is 0.0406 e. The molecule has 0 atom stereocenters. The predicted octanol–water partition coefficient (Wildman–Crippen LogP) is 6.39. The topological polar surface area (TPSA) is 12.9 Å². The lowest BCUT2D eigenvalue weighted by atomic mass is 9.79. The first-order valence-corrected chi connectivity index (χ1v) is 9.34. The van der Waals surface area contributed by atoms with Crippen molar-refractivity contribution in [2.45, 2.75) is 33.1 Å². The molecule has 132 valence electrons. The first-order chi connectivity index (χ1) is 12.9. The number of aromatic nitrogens is 1. The zero-order valence-corrected chi connectivity index (χ0v) is 16.3. The average Bonchev–Trinajstić information content (AvgIpc) is 2.64. The summed E-state index contributed by atoms with van der Waals surface area (Å²) in [5.41, 5.74) is 4.52.